The molecule has 1 heterocycles. The Balaban J connectivity index is 1.49. The number of aromatic nitrogens is 1. The third kappa shape index (κ3) is 4.74. The molecule has 7 heteroatoms. The molecule has 3 rings (SSSR count). The third-order valence-corrected chi connectivity index (χ3v) is 4.56. The van der Waals surface area contributed by atoms with E-state index in [9.17, 15) is 4.79 Å². The van der Waals surface area contributed by atoms with Crippen LogP contribution in [0, 0.1) is 0 Å². The van der Waals surface area contributed by atoms with Crippen LogP contribution in [-0.2, 0) is 4.74 Å². The highest BCUT2D eigenvalue weighted by molar-refractivity contribution is 7.13. The van der Waals surface area contributed by atoms with Crippen molar-refractivity contribution >= 4 is 28.9 Å². The molecule has 0 bridgehead atoms. The zero-order valence-electron chi connectivity index (χ0n) is 14.0. The van der Waals surface area contributed by atoms with E-state index < -0.39 is 5.97 Å². The molecule has 0 unspecified atom stereocenters. The van der Waals surface area contributed by atoms with E-state index in [0.717, 1.165) is 11.3 Å². The van der Waals surface area contributed by atoms with Gasteiger partial charge < -0.3 is 14.2 Å². The van der Waals surface area contributed by atoms with Crippen LogP contribution in [0.5, 0.6) is 11.5 Å². The van der Waals surface area contributed by atoms with Crippen LogP contribution in [0.4, 0.5) is 0 Å². The first-order valence-electron chi connectivity index (χ1n) is 7.81. The van der Waals surface area contributed by atoms with Crippen LogP contribution >= 0.6 is 22.9 Å². The van der Waals surface area contributed by atoms with Crippen LogP contribution in [0.25, 0.3) is 10.6 Å². The summed E-state index contributed by atoms with van der Waals surface area (Å²) in [6.07, 6.45) is 0. The summed E-state index contributed by atoms with van der Waals surface area (Å²) in [5, 5.41) is 3.01. The van der Waals surface area contributed by atoms with E-state index in [2.05, 4.69) is 4.98 Å². The Bertz CT molecular complexity index is 879. The van der Waals surface area contributed by atoms with Gasteiger partial charge in [0.1, 0.15) is 29.7 Å². The van der Waals surface area contributed by atoms with Gasteiger partial charge in [0.2, 0.25) is 0 Å². The standard InChI is InChI=1S/C19H16ClNO4S/c1-23-15-5-7-16(8-6-15)24-9-10-25-19(22)17-12-26-18(21-17)13-3-2-4-14(20)11-13/h2-8,11-12H,9-10H2,1H3. The molecule has 0 fully saturated rings. The van der Waals surface area contributed by atoms with Crippen LogP contribution in [0.15, 0.2) is 53.9 Å². The van der Waals surface area contributed by atoms with Gasteiger partial charge in [-0.2, -0.15) is 0 Å². The van der Waals surface area contributed by atoms with E-state index in [0.29, 0.717) is 15.8 Å². The minimum absolute atomic E-state index is 0.134. The van der Waals surface area contributed by atoms with Gasteiger partial charge in [-0.05, 0) is 36.4 Å². The van der Waals surface area contributed by atoms with Gasteiger partial charge in [-0.1, -0.05) is 23.7 Å². The van der Waals surface area contributed by atoms with E-state index >= 15 is 0 Å². The predicted molar refractivity (Wildman–Crippen MR) is 101 cm³/mol. The Morgan fingerprint density at radius 2 is 1.88 bits per heavy atom. The summed E-state index contributed by atoms with van der Waals surface area (Å²) in [5.41, 5.74) is 1.14. The normalized spacial score (nSPS) is 10.4. The van der Waals surface area contributed by atoms with E-state index in [-0.39, 0.29) is 18.9 Å². The largest absolute Gasteiger partial charge is 0.497 e. The number of methoxy groups -OCH3 is 1. The molecule has 0 saturated carbocycles. The van der Waals surface area contributed by atoms with Gasteiger partial charge in [-0.25, -0.2) is 9.78 Å². The number of esters is 1. The van der Waals surface area contributed by atoms with Gasteiger partial charge in [0.15, 0.2) is 5.69 Å². The molecule has 2 aromatic carbocycles. The Kier molecular flexibility index (Phi) is 6.09. The zero-order chi connectivity index (χ0) is 18.4. The average Bonchev–Trinajstić information content (AvgIpc) is 3.16. The van der Waals surface area contributed by atoms with Crippen molar-refractivity contribution in [2.24, 2.45) is 0 Å². The lowest BCUT2D eigenvalue weighted by atomic mass is 10.2. The first-order valence-corrected chi connectivity index (χ1v) is 9.07. The monoisotopic (exact) mass is 389 g/mol. The van der Waals surface area contributed by atoms with Gasteiger partial charge >= 0.3 is 5.97 Å². The molecule has 0 spiro atoms. The number of hydrogen-bond acceptors (Lipinski definition) is 6. The van der Waals surface area contributed by atoms with E-state index in [4.69, 9.17) is 25.8 Å². The van der Waals surface area contributed by atoms with Gasteiger partial charge in [-0.3, -0.25) is 0 Å². The summed E-state index contributed by atoms with van der Waals surface area (Å²) in [6.45, 7) is 0.387. The predicted octanol–water partition coefficient (Wildman–Crippen LogP) is 4.71. The van der Waals surface area contributed by atoms with Crippen molar-refractivity contribution in [2.45, 2.75) is 0 Å². The highest BCUT2D eigenvalue weighted by Crippen LogP contribution is 2.26. The SMILES string of the molecule is COc1ccc(OCCOC(=O)c2csc(-c3cccc(Cl)c3)n2)cc1. The number of nitrogens with zero attached hydrogens (tertiary/aromatic N) is 1. The summed E-state index contributed by atoms with van der Waals surface area (Å²) in [6, 6.07) is 14.5. The third-order valence-electron chi connectivity index (χ3n) is 3.43. The van der Waals surface area contributed by atoms with Crippen LogP contribution in [-0.4, -0.2) is 31.3 Å². The van der Waals surface area contributed by atoms with E-state index in [1.54, 1.807) is 48.9 Å². The first-order chi connectivity index (χ1) is 12.7. The number of rotatable bonds is 7. The van der Waals surface area contributed by atoms with Crippen molar-refractivity contribution in [1.29, 1.82) is 0 Å². The van der Waals surface area contributed by atoms with Crippen molar-refractivity contribution in [1.82, 2.24) is 4.98 Å². The van der Waals surface area contributed by atoms with Gasteiger partial charge in [0.05, 0.1) is 7.11 Å². The molecule has 0 amide bonds. The van der Waals surface area contributed by atoms with E-state index in [1.807, 2.05) is 12.1 Å². The van der Waals surface area contributed by atoms with E-state index in [1.165, 1.54) is 11.3 Å². The van der Waals surface area contributed by atoms with Crippen molar-refractivity contribution < 1.29 is 19.0 Å². The lowest BCUT2D eigenvalue weighted by Crippen LogP contribution is -2.12. The van der Waals surface area contributed by atoms with Gasteiger partial charge in [0, 0.05) is 16.0 Å². The summed E-state index contributed by atoms with van der Waals surface area (Å²) < 4.78 is 15.8. The molecule has 0 aliphatic heterocycles. The maximum absolute atomic E-state index is 12.1. The number of carbonyl (C=O) groups is 1. The Labute approximate surface area is 160 Å². The van der Waals surface area contributed by atoms with Gasteiger partial charge in [-0.15, -0.1) is 11.3 Å². The molecule has 0 atom stereocenters. The molecule has 134 valence electrons. The topological polar surface area (TPSA) is 57.7 Å². The van der Waals surface area contributed by atoms with Crippen molar-refractivity contribution in [3.05, 3.63) is 64.6 Å². The number of ether oxygens (including phenoxy) is 3. The molecule has 0 radical (unpaired) electrons. The van der Waals surface area contributed by atoms with Crippen LogP contribution in [0.3, 0.4) is 0 Å². The lowest BCUT2D eigenvalue weighted by molar-refractivity contribution is 0.0444. The molecule has 26 heavy (non-hydrogen) atoms. The number of halogens is 1. The molecule has 5 nitrogen and oxygen atoms in total. The number of hydrogen-bond donors (Lipinski definition) is 0. The summed E-state index contributed by atoms with van der Waals surface area (Å²) in [7, 11) is 1.60. The minimum atomic E-state index is -0.479. The summed E-state index contributed by atoms with van der Waals surface area (Å²) in [5.74, 6) is 0.953. The van der Waals surface area contributed by atoms with Crippen molar-refractivity contribution in [3.8, 4) is 22.1 Å². The highest BCUT2D eigenvalue weighted by atomic mass is 35.5. The number of benzene rings is 2. The zero-order valence-corrected chi connectivity index (χ0v) is 15.5. The Morgan fingerprint density at radius 3 is 2.62 bits per heavy atom. The fraction of sp³-hybridized carbons (Fsp3) is 0.158. The number of carbonyl (C=O) groups excluding carboxylic acids is 1. The Hall–Kier alpha value is -2.57. The van der Waals surface area contributed by atoms with Crippen LogP contribution in [0.2, 0.25) is 5.02 Å². The quantitative estimate of drug-likeness (QED) is 0.432. The maximum atomic E-state index is 12.1. The second kappa shape index (κ2) is 8.69. The first kappa shape index (κ1) is 18.2. The van der Waals surface area contributed by atoms with Gasteiger partial charge in [0.25, 0.3) is 0 Å². The average molecular weight is 390 g/mol. The molecular weight excluding hydrogens is 374 g/mol. The molecule has 1 aromatic heterocycles. The Morgan fingerprint density at radius 1 is 1.12 bits per heavy atom. The summed E-state index contributed by atoms with van der Waals surface area (Å²) in [4.78, 5) is 16.4. The fourth-order valence-corrected chi connectivity index (χ4v) is 3.14. The van der Waals surface area contributed by atoms with Crippen molar-refractivity contribution in [2.75, 3.05) is 20.3 Å². The second-order valence-electron chi connectivity index (χ2n) is 5.21. The van der Waals surface area contributed by atoms with Crippen LogP contribution < -0.4 is 9.47 Å². The van der Waals surface area contributed by atoms with Crippen LogP contribution in [0.1, 0.15) is 10.5 Å². The minimum Gasteiger partial charge on any atom is -0.497 e. The molecule has 3 aromatic rings. The highest BCUT2D eigenvalue weighted by Gasteiger charge is 2.13. The smallest absolute Gasteiger partial charge is 0.357 e. The lowest BCUT2D eigenvalue weighted by Gasteiger charge is -2.07. The molecule has 0 aliphatic rings. The summed E-state index contributed by atoms with van der Waals surface area (Å²) >= 11 is 7.35. The fourth-order valence-electron chi connectivity index (χ4n) is 2.16. The molecule has 0 N–H and O–H groups in total. The molecule has 0 saturated heterocycles. The molecular formula is C19H16ClNO4S. The second-order valence-corrected chi connectivity index (χ2v) is 6.50. The van der Waals surface area contributed by atoms with Crippen molar-refractivity contribution in [3.63, 3.8) is 0 Å². The number of thiazole rings is 1. The maximum Gasteiger partial charge on any atom is 0.357 e. The molecule has 0 aliphatic carbocycles.